The number of amides is 1. The van der Waals surface area contributed by atoms with Gasteiger partial charge in [-0.25, -0.2) is 9.37 Å². The van der Waals surface area contributed by atoms with E-state index in [4.69, 9.17) is 5.73 Å². The first-order valence-electron chi connectivity index (χ1n) is 11.6. The molecule has 180 valence electrons. The number of pyridine rings is 2. The Morgan fingerprint density at radius 3 is 2.56 bits per heavy atom. The van der Waals surface area contributed by atoms with Gasteiger partial charge in [-0.1, -0.05) is 24.3 Å². The van der Waals surface area contributed by atoms with Crippen molar-refractivity contribution >= 4 is 17.2 Å². The molecule has 0 atom stereocenters. The number of fused-ring (bicyclic) bond motifs is 1. The summed E-state index contributed by atoms with van der Waals surface area (Å²) in [5.41, 5.74) is 11.7. The fourth-order valence-corrected chi connectivity index (χ4v) is 4.14. The maximum absolute atomic E-state index is 15.0. The second kappa shape index (κ2) is 9.36. The Morgan fingerprint density at radius 1 is 1.00 bits per heavy atom. The van der Waals surface area contributed by atoms with Crippen LogP contribution in [-0.4, -0.2) is 20.3 Å². The van der Waals surface area contributed by atoms with Gasteiger partial charge in [-0.2, -0.15) is 0 Å². The van der Waals surface area contributed by atoms with Crippen LogP contribution in [0.5, 0.6) is 0 Å². The van der Waals surface area contributed by atoms with E-state index in [1.165, 1.54) is 6.07 Å². The first-order chi connectivity index (χ1) is 17.3. The molecule has 0 fully saturated rings. The largest absolute Gasteiger partial charge is 0.326 e. The fraction of sp³-hybridized carbons (Fsp3) is 0.138. The molecule has 0 unspecified atom stereocenters. The lowest BCUT2D eigenvalue weighted by Crippen LogP contribution is -2.28. The SMILES string of the molecule is CC(C)(N)c1cccc(NC(=O)Cc2ccc(-c3cnc4cc(-c5ccncc5)ccn34)cc2F)c1. The molecular weight excluding hydrogens is 453 g/mol. The van der Waals surface area contributed by atoms with Gasteiger partial charge in [-0.05, 0) is 78.6 Å². The molecule has 3 heterocycles. The molecule has 5 aromatic rings. The molecule has 36 heavy (non-hydrogen) atoms. The van der Waals surface area contributed by atoms with Crippen LogP contribution in [0.2, 0.25) is 0 Å². The Morgan fingerprint density at radius 2 is 1.81 bits per heavy atom. The van der Waals surface area contributed by atoms with Gasteiger partial charge in [0, 0.05) is 35.4 Å². The van der Waals surface area contributed by atoms with Gasteiger partial charge < -0.3 is 11.1 Å². The summed E-state index contributed by atoms with van der Waals surface area (Å²) in [5.74, 6) is -0.741. The number of carbonyl (C=O) groups excluding carboxylic acids is 1. The minimum absolute atomic E-state index is 0.0786. The Labute approximate surface area is 208 Å². The van der Waals surface area contributed by atoms with Crippen LogP contribution in [-0.2, 0) is 16.8 Å². The lowest BCUT2D eigenvalue weighted by Gasteiger charge is -2.20. The first-order valence-corrected chi connectivity index (χ1v) is 11.6. The molecule has 6 nitrogen and oxygen atoms in total. The van der Waals surface area contributed by atoms with Crippen molar-refractivity contribution in [3.8, 4) is 22.4 Å². The summed E-state index contributed by atoms with van der Waals surface area (Å²) in [7, 11) is 0. The summed E-state index contributed by atoms with van der Waals surface area (Å²) in [6, 6.07) is 20.1. The Hall–Kier alpha value is -4.36. The van der Waals surface area contributed by atoms with E-state index in [0.717, 1.165) is 28.0 Å². The van der Waals surface area contributed by atoms with E-state index in [1.807, 2.05) is 73.0 Å². The second-order valence-corrected chi connectivity index (χ2v) is 9.36. The molecule has 0 radical (unpaired) electrons. The number of aromatic nitrogens is 3. The molecular formula is C29H26FN5O. The highest BCUT2D eigenvalue weighted by Gasteiger charge is 2.16. The van der Waals surface area contributed by atoms with Crippen molar-refractivity contribution in [3.63, 3.8) is 0 Å². The number of benzene rings is 2. The highest BCUT2D eigenvalue weighted by atomic mass is 19.1. The van der Waals surface area contributed by atoms with Crippen molar-refractivity contribution in [2.24, 2.45) is 5.73 Å². The highest BCUT2D eigenvalue weighted by molar-refractivity contribution is 5.92. The molecule has 0 spiro atoms. The van der Waals surface area contributed by atoms with E-state index in [9.17, 15) is 4.79 Å². The normalized spacial score (nSPS) is 11.6. The molecule has 2 aromatic carbocycles. The van der Waals surface area contributed by atoms with E-state index in [0.29, 0.717) is 16.8 Å². The zero-order chi connectivity index (χ0) is 25.3. The molecule has 5 rings (SSSR count). The number of rotatable bonds is 6. The number of nitrogens with zero attached hydrogens (tertiary/aromatic N) is 3. The maximum Gasteiger partial charge on any atom is 0.228 e. The average molecular weight is 480 g/mol. The number of imidazole rings is 1. The van der Waals surface area contributed by atoms with E-state index in [-0.39, 0.29) is 12.3 Å². The number of hydrogen-bond acceptors (Lipinski definition) is 4. The van der Waals surface area contributed by atoms with Gasteiger partial charge in [0.1, 0.15) is 11.5 Å². The summed E-state index contributed by atoms with van der Waals surface area (Å²) < 4.78 is 16.9. The van der Waals surface area contributed by atoms with Crippen molar-refractivity contribution in [2.45, 2.75) is 25.8 Å². The van der Waals surface area contributed by atoms with Gasteiger partial charge in [-0.3, -0.25) is 14.2 Å². The van der Waals surface area contributed by atoms with E-state index >= 15 is 4.39 Å². The molecule has 7 heteroatoms. The zero-order valence-corrected chi connectivity index (χ0v) is 20.1. The van der Waals surface area contributed by atoms with Gasteiger partial charge in [-0.15, -0.1) is 0 Å². The predicted molar refractivity (Wildman–Crippen MR) is 140 cm³/mol. The number of halogens is 1. The third-order valence-corrected chi connectivity index (χ3v) is 6.12. The summed E-state index contributed by atoms with van der Waals surface area (Å²) in [6.07, 6.45) is 7.06. The molecule has 0 aliphatic carbocycles. The van der Waals surface area contributed by atoms with Crippen molar-refractivity contribution in [2.75, 3.05) is 5.32 Å². The molecule has 0 bridgehead atoms. The predicted octanol–water partition coefficient (Wildman–Crippen LogP) is 5.58. The van der Waals surface area contributed by atoms with Crippen molar-refractivity contribution < 1.29 is 9.18 Å². The van der Waals surface area contributed by atoms with Crippen LogP contribution in [0.15, 0.2) is 91.5 Å². The van der Waals surface area contributed by atoms with Crippen molar-refractivity contribution in [1.29, 1.82) is 0 Å². The van der Waals surface area contributed by atoms with E-state index < -0.39 is 11.4 Å². The molecule has 1 amide bonds. The van der Waals surface area contributed by atoms with Gasteiger partial charge in [0.25, 0.3) is 0 Å². The summed E-state index contributed by atoms with van der Waals surface area (Å²) >= 11 is 0. The van der Waals surface area contributed by atoms with Crippen LogP contribution in [0.3, 0.4) is 0 Å². The monoisotopic (exact) mass is 479 g/mol. The van der Waals surface area contributed by atoms with Gasteiger partial charge in [0.2, 0.25) is 5.91 Å². The molecule has 0 aliphatic rings. The lowest BCUT2D eigenvalue weighted by molar-refractivity contribution is -0.115. The average Bonchev–Trinajstić information content (AvgIpc) is 3.29. The quantitative estimate of drug-likeness (QED) is 0.333. The van der Waals surface area contributed by atoms with Crippen LogP contribution < -0.4 is 11.1 Å². The fourth-order valence-electron chi connectivity index (χ4n) is 4.14. The lowest BCUT2D eigenvalue weighted by atomic mass is 9.95. The van der Waals surface area contributed by atoms with Crippen LogP contribution >= 0.6 is 0 Å². The maximum atomic E-state index is 15.0. The number of nitrogens with one attached hydrogen (secondary N) is 1. The second-order valence-electron chi connectivity index (χ2n) is 9.36. The Bertz CT molecular complexity index is 1550. The summed E-state index contributed by atoms with van der Waals surface area (Å²) in [4.78, 5) is 21.2. The van der Waals surface area contributed by atoms with E-state index in [1.54, 1.807) is 30.7 Å². The van der Waals surface area contributed by atoms with Crippen molar-refractivity contribution in [3.05, 3.63) is 108 Å². The summed E-state index contributed by atoms with van der Waals surface area (Å²) in [6.45, 7) is 3.79. The minimum Gasteiger partial charge on any atom is -0.326 e. The van der Waals surface area contributed by atoms with Crippen LogP contribution in [0, 0.1) is 5.82 Å². The number of nitrogens with two attached hydrogens (primary N) is 1. The zero-order valence-electron chi connectivity index (χ0n) is 20.1. The van der Waals surface area contributed by atoms with E-state index in [2.05, 4.69) is 15.3 Å². The van der Waals surface area contributed by atoms with Crippen LogP contribution in [0.4, 0.5) is 10.1 Å². The summed E-state index contributed by atoms with van der Waals surface area (Å²) in [5, 5.41) is 2.84. The molecule has 3 aromatic heterocycles. The van der Waals surface area contributed by atoms with Crippen LogP contribution in [0.1, 0.15) is 25.0 Å². The van der Waals surface area contributed by atoms with Crippen molar-refractivity contribution in [1.82, 2.24) is 14.4 Å². The first kappa shape index (κ1) is 23.4. The Kier molecular flexibility index (Phi) is 6.08. The molecule has 0 saturated heterocycles. The third-order valence-electron chi connectivity index (χ3n) is 6.12. The van der Waals surface area contributed by atoms with Crippen LogP contribution in [0.25, 0.3) is 28.0 Å². The Balaban J connectivity index is 1.34. The minimum atomic E-state index is -0.527. The topological polar surface area (TPSA) is 85.3 Å². The van der Waals surface area contributed by atoms with Gasteiger partial charge in [0.15, 0.2) is 0 Å². The highest BCUT2D eigenvalue weighted by Crippen LogP contribution is 2.27. The third kappa shape index (κ3) is 4.87. The number of carbonyl (C=O) groups is 1. The number of anilines is 1. The number of hydrogen-bond donors (Lipinski definition) is 2. The molecule has 0 aliphatic heterocycles. The molecule has 0 saturated carbocycles. The van der Waals surface area contributed by atoms with Gasteiger partial charge in [0.05, 0.1) is 18.3 Å². The molecule has 3 N–H and O–H groups in total. The van der Waals surface area contributed by atoms with Gasteiger partial charge >= 0.3 is 0 Å². The standard InChI is InChI=1S/C29H26FN5O/c1-29(2,31)23-4-3-5-24(17-23)34-28(36)16-21-6-7-22(14-25(21)30)26-18-33-27-15-20(10-13-35(26)27)19-8-11-32-12-9-19/h3-15,17-18H,16,31H2,1-2H3,(H,34,36). The smallest absolute Gasteiger partial charge is 0.228 e.